The molecule has 0 radical (unpaired) electrons. The normalized spacial score (nSPS) is 14.3. The third-order valence-electron chi connectivity index (χ3n) is 3.24. The highest BCUT2D eigenvalue weighted by molar-refractivity contribution is 6.35. The Labute approximate surface area is 140 Å². The van der Waals surface area contributed by atoms with Crippen molar-refractivity contribution in [3.63, 3.8) is 0 Å². The first-order chi connectivity index (χ1) is 11.1. The maximum atomic E-state index is 12.4. The van der Waals surface area contributed by atoms with Gasteiger partial charge in [0.25, 0.3) is 5.91 Å². The molecule has 1 aromatic rings. The Bertz CT molecular complexity index is 655. The minimum atomic E-state index is -0.298. The summed E-state index contributed by atoms with van der Waals surface area (Å²) in [7, 11) is 1.47. The third-order valence-corrected chi connectivity index (χ3v) is 3.65. The second-order valence-corrected chi connectivity index (χ2v) is 5.22. The quantitative estimate of drug-likeness (QED) is 0.474. The molecule has 23 heavy (non-hydrogen) atoms. The highest BCUT2D eigenvalue weighted by atomic mass is 35.5. The molecular formula is C16H19ClN2O4. The summed E-state index contributed by atoms with van der Waals surface area (Å²) in [4.78, 5) is 17.3. The summed E-state index contributed by atoms with van der Waals surface area (Å²) in [5, 5.41) is 3.17. The monoisotopic (exact) mass is 338 g/mol. The van der Waals surface area contributed by atoms with E-state index in [0.29, 0.717) is 34.3 Å². The number of carbonyl (C=O) groups is 1. The van der Waals surface area contributed by atoms with Crippen LogP contribution in [0.2, 0.25) is 0 Å². The number of carbonyl (C=O) groups excluding carboxylic acids is 1. The maximum Gasteiger partial charge on any atom is 0.254 e. The molecular weight excluding hydrogens is 320 g/mol. The van der Waals surface area contributed by atoms with E-state index in [9.17, 15) is 4.79 Å². The lowest BCUT2D eigenvalue weighted by Crippen LogP contribution is -2.27. The fourth-order valence-electron chi connectivity index (χ4n) is 2.13. The molecule has 1 aromatic carbocycles. The molecule has 1 aliphatic rings. The molecule has 0 saturated heterocycles. The molecule has 0 bridgehead atoms. The van der Waals surface area contributed by atoms with E-state index in [1.165, 1.54) is 7.11 Å². The van der Waals surface area contributed by atoms with Crippen molar-refractivity contribution in [3.05, 3.63) is 46.1 Å². The zero-order valence-electron chi connectivity index (χ0n) is 13.2. The second kappa shape index (κ2) is 7.89. The first-order valence-electron chi connectivity index (χ1n) is 7.05. The molecule has 2 rings (SSSR count). The van der Waals surface area contributed by atoms with Crippen LogP contribution in [-0.4, -0.2) is 19.8 Å². The van der Waals surface area contributed by atoms with Gasteiger partial charge < -0.3 is 14.8 Å². The smallest absolute Gasteiger partial charge is 0.254 e. The number of rotatable bonds is 6. The fraction of sp³-hybridized carbons (Fsp3) is 0.312. The lowest BCUT2D eigenvalue weighted by molar-refractivity contribution is -0.117. The summed E-state index contributed by atoms with van der Waals surface area (Å²) in [6.45, 7) is 4.03. The summed E-state index contributed by atoms with van der Waals surface area (Å²) in [5.74, 6) is 1.09. The predicted molar refractivity (Wildman–Crippen MR) is 86.9 cm³/mol. The molecule has 0 fully saturated rings. The van der Waals surface area contributed by atoms with Crippen molar-refractivity contribution in [3.8, 4) is 11.5 Å². The second-order valence-electron chi connectivity index (χ2n) is 4.81. The first-order valence-corrected chi connectivity index (χ1v) is 7.43. The van der Waals surface area contributed by atoms with Crippen LogP contribution < -0.4 is 20.3 Å². The van der Waals surface area contributed by atoms with Crippen LogP contribution in [0.1, 0.15) is 19.4 Å². The number of benzene rings is 1. The number of fused-ring (bicyclic) bond motifs is 1. The van der Waals surface area contributed by atoms with Crippen LogP contribution in [-0.2, 0) is 16.2 Å². The van der Waals surface area contributed by atoms with E-state index in [4.69, 9.17) is 25.9 Å². The van der Waals surface area contributed by atoms with E-state index < -0.39 is 0 Å². The topological polar surface area (TPSA) is 68.8 Å². The van der Waals surface area contributed by atoms with Crippen molar-refractivity contribution in [1.29, 1.82) is 0 Å². The van der Waals surface area contributed by atoms with Crippen molar-refractivity contribution in [1.82, 2.24) is 10.8 Å². The number of ether oxygens (including phenoxy) is 2. The molecule has 0 aromatic heterocycles. The lowest BCUT2D eigenvalue weighted by Gasteiger charge is -2.13. The van der Waals surface area contributed by atoms with E-state index in [1.54, 1.807) is 19.9 Å². The van der Waals surface area contributed by atoms with Gasteiger partial charge in [0.15, 0.2) is 11.5 Å². The van der Waals surface area contributed by atoms with Crippen LogP contribution >= 0.6 is 11.6 Å². The molecule has 124 valence electrons. The fourth-order valence-corrected chi connectivity index (χ4v) is 2.36. The Morgan fingerprint density at radius 3 is 2.83 bits per heavy atom. The number of nitrogens with one attached hydrogen (secondary N) is 2. The van der Waals surface area contributed by atoms with Crippen LogP contribution in [0.15, 0.2) is 40.6 Å². The third kappa shape index (κ3) is 4.18. The van der Waals surface area contributed by atoms with E-state index in [0.717, 1.165) is 5.56 Å². The van der Waals surface area contributed by atoms with Gasteiger partial charge >= 0.3 is 0 Å². The van der Waals surface area contributed by atoms with Gasteiger partial charge in [-0.1, -0.05) is 23.7 Å². The van der Waals surface area contributed by atoms with Crippen LogP contribution in [0.4, 0.5) is 0 Å². The summed E-state index contributed by atoms with van der Waals surface area (Å²) in [5.41, 5.74) is 4.39. The molecule has 7 heteroatoms. The largest absolute Gasteiger partial charge is 0.454 e. The van der Waals surface area contributed by atoms with Crippen LogP contribution in [0.5, 0.6) is 11.5 Å². The summed E-state index contributed by atoms with van der Waals surface area (Å²) >= 11 is 6.13. The zero-order valence-corrected chi connectivity index (χ0v) is 14.0. The van der Waals surface area contributed by atoms with Gasteiger partial charge in [-0.3, -0.25) is 15.1 Å². The average molecular weight is 339 g/mol. The van der Waals surface area contributed by atoms with E-state index in [1.807, 2.05) is 18.2 Å². The first kappa shape index (κ1) is 17.2. The van der Waals surface area contributed by atoms with Crippen molar-refractivity contribution in [2.24, 2.45) is 0 Å². The van der Waals surface area contributed by atoms with Gasteiger partial charge in [0.2, 0.25) is 6.79 Å². The molecule has 0 spiro atoms. The Kier molecular flexibility index (Phi) is 5.90. The molecule has 0 aliphatic carbocycles. The molecule has 1 heterocycles. The van der Waals surface area contributed by atoms with Crippen molar-refractivity contribution < 1.29 is 19.1 Å². The maximum absolute atomic E-state index is 12.4. The minimum absolute atomic E-state index is 0.219. The van der Waals surface area contributed by atoms with Gasteiger partial charge in [-0.25, -0.2) is 0 Å². The molecule has 0 atom stereocenters. The Hall–Kier alpha value is -2.18. The van der Waals surface area contributed by atoms with Crippen molar-refractivity contribution >= 4 is 17.5 Å². The number of amides is 1. The summed E-state index contributed by atoms with van der Waals surface area (Å²) < 4.78 is 10.6. The van der Waals surface area contributed by atoms with E-state index in [2.05, 4.69) is 10.8 Å². The number of halogens is 1. The predicted octanol–water partition coefficient (Wildman–Crippen LogP) is 2.60. The molecule has 2 N–H and O–H groups in total. The van der Waals surface area contributed by atoms with Crippen LogP contribution in [0.25, 0.3) is 0 Å². The van der Waals surface area contributed by atoms with Crippen molar-refractivity contribution in [2.75, 3.05) is 13.9 Å². The lowest BCUT2D eigenvalue weighted by atomic mass is 10.1. The highest BCUT2D eigenvalue weighted by Gasteiger charge is 2.17. The molecule has 0 unspecified atom stereocenters. The van der Waals surface area contributed by atoms with Crippen LogP contribution in [0.3, 0.4) is 0 Å². The van der Waals surface area contributed by atoms with Gasteiger partial charge in [-0.15, -0.1) is 0 Å². The average Bonchev–Trinajstić information content (AvgIpc) is 3.00. The number of allylic oxidation sites excluding steroid dienone is 2. The summed E-state index contributed by atoms with van der Waals surface area (Å²) in [6.07, 6.45) is 1.65. The Morgan fingerprint density at radius 2 is 2.13 bits per heavy atom. The summed E-state index contributed by atoms with van der Waals surface area (Å²) in [6, 6.07) is 5.52. The Morgan fingerprint density at radius 1 is 1.39 bits per heavy atom. The molecule has 0 saturated carbocycles. The van der Waals surface area contributed by atoms with Gasteiger partial charge in [0, 0.05) is 12.2 Å². The van der Waals surface area contributed by atoms with Gasteiger partial charge in [-0.05, 0) is 31.5 Å². The highest BCUT2D eigenvalue weighted by Crippen LogP contribution is 2.32. The molecule has 6 nitrogen and oxygen atoms in total. The van der Waals surface area contributed by atoms with Gasteiger partial charge in [0.05, 0.1) is 17.7 Å². The molecule has 1 aliphatic heterocycles. The standard InChI is InChI=1S/C16H19ClN2O4/c1-4-12(17)15(10(2)19-21-3)16(20)18-8-11-5-6-13-14(7-11)23-9-22-13/h4-7,19H,8-9H2,1-3H3,(H,18,20)/b12-4+,15-10+. The SMILES string of the molecule is C/C=C(Cl)\C(C(=O)NCc1ccc2c(c1)OCO2)=C(\C)NOC. The van der Waals surface area contributed by atoms with Gasteiger partial charge in [-0.2, -0.15) is 0 Å². The molecule has 1 amide bonds. The zero-order chi connectivity index (χ0) is 16.8. The number of hydroxylamine groups is 1. The van der Waals surface area contributed by atoms with E-state index >= 15 is 0 Å². The number of hydrogen-bond donors (Lipinski definition) is 2. The minimum Gasteiger partial charge on any atom is -0.454 e. The Balaban J connectivity index is 2.09. The number of hydrogen-bond acceptors (Lipinski definition) is 5. The van der Waals surface area contributed by atoms with Crippen LogP contribution in [0, 0.1) is 0 Å². The van der Waals surface area contributed by atoms with Gasteiger partial charge in [0.1, 0.15) is 0 Å². The van der Waals surface area contributed by atoms with Crippen molar-refractivity contribution in [2.45, 2.75) is 20.4 Å². The van der Waals surface area contributed by atoms with E-state index in [-0.39, 0.29) is 12.7 Å².